The first kappa shape index (κ1) is 16.8. The van der Waals surface area contributed by atoms with Crippen molar-refractivity contribution in [1.29, 1.82) is 0 Å². The number of likely N-dealkylation sites (N-methyl/N-ethyl adjacent to an activating group) is 1. The molecule has 0 radical (unpaired) electrons. The highest BCUT2D eigenvalue weighted by atomic mass is 19.3. The van der Waals surface area contributed by atoms with Crippen LogP contribution in [0.5, 0.6) is 0 Å². The van der Waals surface area contributed by atoms with Gasteiger partial charge in [-0.1, -0.05) is 29.8 Å². The molecule has 4 nitrogen and oxygen atoms in total. The molecule has 0 aromatic heterocycles. The molecular formula is C16H23F2N3O. The molecule has 1 saturated heterocycles. The number of nitrogens with zero attached hydrogens (tertiary/aromatic N) is 1. The van der Waals surface area contributed by atoms with Crippen molar-refractivity contribution in [2.75, 3.05) is 27.2 Å². The summed E-state index contributed by atoms with van der Waals surface area (Å²) in [6, 6.07) is 7.28. The number of carbonyl (C=O) groups excluding carboxylic acids is 1. The molecule has 1 amide bonds. The SMILES string of the molecule is Cc1ccc(C(CNC(=O)C2CC(F)(F)CN2)N(C)C)cc1. The van der Waals surface area contributed by atoms with Gasteiger partial charge < -0.3 is 10.2 Å². The maximum atomic E-state index is 13.1. The predicted molar refractivity (Wildman–Crippen MR) is 82.0 cm³/mol. The fourth-order valence-corrected chi connectivity index (χ4v) is 2.61. The third-order valence-electron chi connectivity index (χ3n) is 3.98. The highest BCUT2D eigenvalue weighted by molar-refractivity contribution is 5.82. The summed E-state index contributed by atoms with van der Waals surface area (Å²) in [7, 11) is 3.86. The van der Waals surface area contributed by atoms with Crippen LogP contribution in [0.15, 0.2) is 24.3 Å². The van der Waals surface area contributed by atoms with E-state index in [0.29, 0.717) is 6.54 Å². The van der Waals surface area contributed by atoms with E-state index in [1.54, 1.807) is 0 Å². The van der Waals surface area contributed by atoms with E-state index in [9.17, 15) is 13.6 Å². The Bertz CT molecular complexity index is 517. The molecule has 1 aliphatic heterocycles. The fraction of sp³-hybridized carbons (Fsp3) is 0.562. The van der Waals surface area contributed by atoms with Gasteiger partial charge in [-0.05, 0) is 26.6 Å². The molecule has 1 aromatic rings. The minimum absolute atomic E-state index is 0.00598. The third-order valence-corrected chi connectivity index (χ3v) is 3.98. The van der Waals surface area contributed by atoms with Crippen LogP contribution in [0.2, 0.25) is 0 Å². The van der Waals surface area contributed by atoms with Crippen LogP contribution in [-0.4, -0.2) is 50.0 Å². The number of hydrogen-bond acceptors (Lipinski definition) is 3. The van der Waals surface area contributed by atoms with Gasteiger partial charge in [-0.2, -0.15) is 0 Å². The molecule has 122 valence electrons. The Morgan fingerprint density at radius 2 is 2.05 bits per heavy atom. The van der Waals surface area contributed by atoms with Gasteiger partial charge >= 0.3 is 0 Å². The van der Waals surface area contributed by atoms with Crippen molar-refractivity contribution < 1.29 is 13.6 Å². The molecule has 2 unspecified atom stereocenters. The van der Waals surface area contributed by atoms with E-state index in [1.807, 2.05) is 50.2 Å². The minimum Gasteiger partial charge on any atom is -0.353 e. The van der Waals surface area contributed by atoms with Crippen molar-refractivity contribution in [3.63, 3.8) is 0 Å². The van der Waals surface area contributed by atoms with E-state index in [1.165, 1.54) is 5.56 Å². The van der Waals surface area contributed by atoms with E-state index >= 15 is 0 Å². The first-order chi connectivity index (χ1) is 10.3. The average Bonchev–Trinajstić information content (AvgIpc) is 2.81. The molecule has 0 bridgehead atoms. The largest absolute Gasteiger partial charge is 0.353 e. The lowest BCUT2D eigenvalue weighted by molar-refractivity contribution is -0.123. The van der Waals surface area contributed by atoms with Crippen molar-refractivity contribution in [2.24, 2.45) is 0 Å². The summed E-state index contributed by atoms with van der Waals surface area (Å²) in [4.78, 5) is 14.0. The number of halogens is 2. The lowest BCUT2D eigenvalue weighted by atomic mass is 10.0. The van der Waals surface area contributed by atoms with Crippen LogP contribution in [0.4, 0.5) is 8.78 Å². The Morgan fingerprint density at radius 1 is 1.41 bits per heavy atom. The van der Waals surface area contributed by atoms with Crippen molar-refractivity contribution >= 4 is 5.91 Å². The van der Waals surface area contributed by atoms with Crippen LogP contribution in [-0.2, 0) is 4.79 Å². The zero-order chi connectivity index (χ0) is 16.3. The molecule has 22 heavy (non-hydrogen) atoms. The van der Waals surface area contributed by atoms with Gasteiger partial charge in [-0.25, -0.2) is 8.78 Å². The van der Waals surface area contributed by atoms with Gasteiger partial charge in [0, 0.05) is 13.0 Å². The zero-order valence-corrected chi connectivity index (χ0v) is 13.2. The highest BCUT2D eigenvalue weighted by Gasteiger charge is 2.42. The molecular weight excluding hydrogens is 288 g/mol. The monoisotopic (exact) mass is 311 g/mol. The van der Waals surface area contributed by atoms with Crippen molar-refractivity contribution in [3.05, 3.63) is 35.4 Å². The summed E-state index contributed by atoms with van der Waals surface area (Å²) in [6.07, 6.45) is -0.435. The number of nitrogens with one attached hydrogen (secondary N) is 2. The number of benzene rings is 1. The Balaban J connectivity index is 1.95. The van der Waals surface area contributed by atoms with Crippen molar-refractivity contribution in [2.45, 2.75) is 31.4 Å². The van der Waals surface area contributed by atoms with Gasteiger partial charge in [-0.15, -0.1) is 0 Å². The zero-order valence-electron chi connectivity index (χ0n) is 13.2. The maximum Gasteiger partial charge on any atom is 0.262 e. The molecule has 0 aliphatic carbocycles. The van der Waals surface area contributed by atoms with Crippen molar-refractivity contribution in [1.82, 2.24) is 15.5 Å². The highest BCUT2D eigenvalue weighted by Crippen LogP contribution is 2.25. The molecule has 1 aromatic carbocycles. The molecule has 2 rings (SSSR count). The second-order valence-electron chi connectivity index (χ2n) is 6.13. The lowest BCUT2D eigenvalue weighted by Gasteiger charge is -2.26. The first-order valence-corrected chi connectivity index (χ1v) is 7.40. The van der Waals surface area contributed by atoms with E-state index in [2.05, 4.69) is 10.6 Å². The first-order valence-electron chi connectivity index (χ1n) is 7.40. The van der Waals surface area contributed by atoms with Crippen LogP contribution in [0.25, 0.3) is 0 Å². The summed E-state index contributed by atoms with van der Waals surface area (Å²) in [5.41, 5.74) is 2.25. The predicted octanol–water partition coefficient (Wildman–Crippen LogP) is 1.71. The molecule has 1 fully saturated rings. The second-order valence-corrected chi connectivity index (χ2v) is 6.13. The van der Waals surface area contributed by atoms with Crippen LogP contribution in [0, 0.1) is 6.92 Å². The molecule has 2 atom stereocenters. The molecule has 1 aliphatic rings. The lowest BCUT2D eigenvalue weighted by Crippen LogP contribution is -2.43. The number of amides is 1. The summed E-state index contributed by atoms with van der Waals surface area (Å²) < 4.78 is 26.3. The van der Waals surface area contributed by atoms with E-state index in [0.717, 1.165) is 5.56 Å². The van der Waals surface area contributed by atoms with Crippen LogP contribution in [0.1, 0.15) is 23.6 Å². The van der Waals surface area contributed by atoms with Gasteiger partial charge in [-0.3, -0.25) is 10.1 Å². The second kappa shape index (κ2) is 6.71. The summed E-state index contributed by atoms with van der Waals surface area (Å²) in [5.74, 6) is -3.16. The summed E-state index contributed by atoms with van der Waals surface area (Å²) in [6.45, 7) is 1.97. The number of rotatable bonds is 5. The topological polar surface area (TPSA) is 44.4 Å². The van der Waals surface area contributed by atoms with Gasteiger partial charge in [0.15, 0.2) is 0 Å². The van der Waals surface area contributed by atoms with Gasteiger partial charge in [0.05, 0.1) is 18.6 Å². The molecule has 6 heteroatoms. The summed E-state index contributed by atoms with van der Waals surface area (Å²) in [5, 5.41) is 5.35. The Labute approximate surface area is 129 Å². The Morgan fingerprint density at radius 3 is 2.55 bits per heavy atom. The maximum absolute atomic E-state index is 13.1. The van der Waals surface area contributed by atoms with Gasteiger partial charge in [0.2, 0.25) is 5.91 Å². The number of carbonyl (C=O) groups is 1. The minimum atomic E-state index is -2.79. The Hall–Kier alpha value is -1.53. The standard InChI is InChI=1S/C16H23F2N3O/c1-11-4-6-12(7-5-11)14(21(2)3)9-19-15(22)13-8-16(17,18)10-20-13/h4-7,13-14,20H,8-10H2,1-3H3,(H,19,22). The number of aryl methyl sites for hydroxylation is 1. The number of hydrogen-bond donors (Lipinski definition) is 2. The molecule has 1 heterocycles. The molecule has 0 spiro atoms. The van der Waals surface area contributed by atoms with Crippen LogP contribution in [0.3, 0.4) is 0 Å². The van der Waals surface area contributed by atoms with E-state index < -0.39 is 24.9 Å². The smallest absolute Gasteiger partial charge is 0.262 e. The van der Waals surface area contributed by atoms with Crippen LogP contribution < -0.4 is 10.6 Å². The van der Waals surface area contributed by atoms with Crippen molar-refractivity contribution in [3.8, 4) is 0 Å². The van der Waals surface area contributed by atoms with Crippen LogP contribution >= 0.6 is 0 Å². The molecule has 2 N–H and O–H groups in total. The normalized spacial score (nSPS) is 21.8. The fourth-order valence-electron chi connectivity index (χ4n) is 2.61. The van der Waals surface area contributed by atoms with E-state index in [4.69, 9.17) is 0 Å². The van der Waals surface area contributed by atoms with Gasteiger partial charge in [0.1, 0.15) is 0 Å². The van der Waals surface area contributed by atoms with Gasteiger partial charge in [0.25, 0.3) is 5.92 Å². The quantitative estimate of drug-likeness (QED) is 0.870. The third kappa shape index (κ3) is 4.24. The van der Waals surface area contributed by atoms with E-state index in [-0.39, 0.29) is 11.9 Å². The average molecular weight is 311 g/mol. The summed E-state index contributed by atoms with van der Waals surface area (Å²) >= 11 is 0. The number of alkyl halides is 2. The molecule has 0 saturated carbocycles. The Kier molecular flexibility index (Phi) is 5.13.